The summed E-state index contributed by atoms with van der Waals surface area (Å²) in [4.78, 5) is 47.7. The van der Waals surface area contributed by atoms with Gasteiger partial charge in [-0.3, -0.25) is 14.4 Å². The maximum absolute atomic E-state index is 14.3. The Bertz CT molecular complexity index is 1350. The Balaban J connectivity index is 1.40. The van der Waals surface area contributed by atoms with Crippen LogP contribution >= 0.6 is 23.4 Å². The van der Waals surface area contributed by atoms with Crippen molar-refractivity contribution < 1.29 is 19.5 Å². The van der Waals surface area contributed by atoms with Crippen molar-refractivity contribution in [3.63, 3.8) is 0 Å². The van der Waals surface area contributed by atoms with Crippen molar-refractivity contribution in [1.82, 2.24) is 9.80 Å². The molecule has 9 heteroatoms. The molecule has 5 atom stereocenters. The Morgan fingerprint density at radius 2 is 1.72 bits per heavy atom. The molecule has 4 aliphatic heterocycles. The molecular formula is C30H30ClN3O4S. The number of hydrogen-bond donors (Lipinski definition) is 1. The first-order valence-electron chi connectivity index (χ1n) is 13.3. The number of para-hydroxylation sites is 1. The van der Waals surface area contributed by atoms with Crippen LogP contribution in [0.5, 0.6) is 0 Å². The van der Waals surface area contributed by atoms with Gasteiger partial charge in [-0.25, -0.2) is 0 Å². The number of thioether (sulfide) groups is 1. The third-order valence-electron chi connectivity index (χ3n) is 8.16. The highest BCUT2D eigenvalue weighted by molar-refractivity contribution is 8.02. The second-order valence-electron chi connectivity index (χ2n) is 10.4. The van der Waals surface area contributed by atoms with Gasteiger partial charge >= 0.3 is 0 Å². The number of aliphatic hydroxyl groups excluding tert-OH is 1. The average Bonchev–Trinajstić information content (AvgIpc) is 3.26. The highest BCUT2D eigenvalue weighted by Crippen LogP contribution is 2.61. The van der Waals surface area contributed by atoms with E-state index in [0.29, 0.717) is 36.8 Å². The molecule has 2 aromatic carbocycles. The number of fused-ring (bicyclic) bond motifs is 2. The van der Waals surface area contributed by atoms with Crippen molar-refractivity contribution in [2.24, 2.45) is 11.8 Å². The number of halogens is 1. The van der Waals surface area contributed by atoms with E-state index in [4.69, 9.17) is 11.6 Å². The van der Waals surface area contributed by atoms with Crippen LogP contribution in [-0.2, 0) is 20.9 Å². The fraction of sp³-hybridized carbons (Fsp3) is 0.367. The number of likely N-dealkylation sites (tertiary alicyclic amines) is 1. The molecule has 39 heavy (non-hydrogen) atoms. The van der Waals surface area contributed by atoms with Gasteiger partial charge in [0.25, 0.3) is 5.91 Å². The molecule has 0 bridgehead atoms. The van der Waals surface area contributed by atoms with E-state index in [1.807, 2.05) is 71.7 Å². The van der Waals surface area contributed by atoms with E-state index in [9.17, 15) is 19.5 Å². The maximum Gasteiger partial charge on any atom is 0.251 e. The Kier molecular flexibility index (Phi) is 7.04. The lowest BCUT2D eigenvalue weighted by molar-refractivity contribution is -0.143. The molecule has 202 valence electrons. The van der Waals surface area contributed by atoms with Gasteiger partial charge in [0.05, 0.1) is 27.3 Å². The number of carbonyl (C=O) groups is 3. The summed E-state index contributed by atoms with van der Waals surface area (Å²) in [5.74, 6) is -1.75. The van der Waals surface area contributed by atoms with Gasteiger partial charge in [-0.2, -0.15) is 0 Å². The normalized spacial score (nSPS) is 29.8. The third kappa shape index (κ3) is 4.29. The minimum absolute atomic E-state index is 0.0626. The summed E-state index contributed by atoms with van der Waals surface area (Å²) in [6, 6.07) is 16.2. The summed E-state index contributed by atoms with van der Waals surface area (Å²) >= 11 is 8.06. The molecule has 1 spiro atoms. The van der Waals surface area contributed by atoms with Crippen LogP contribution in [0.3, 0.4) is 0 Å². The maximum atomic E-state index is 14.3. The standard InChI is InChI=1S/C30H30ClN3O4S/c31-21-11-4-5-12-22(21)33-16-7-14-30-25(28(37)34(17-8-18-35)26(30)29(33)38)24-23(39-30)13-6-15-32(27(24)36)19-20-9-2-1-3-10-20/h1-7,9-14,23-26,35H,8,15-19H2/t23-,24+,25+,26?,30+/m1/s1. The van der Waals surface area contributed by atoms with E-state index >= 15 is 0 Å². The van der Waals surface area contributed by atoms with E-state index in [1.54, 1.807) is 33.7 Å². The van der Waals surface area contributed by atoms with Gasteiger partial charge in [-0.05, 0) is 24.1 Å². The van der Waals surface area contributed by atoms with Gasteiger partial charge in [0.2, 0.25) is 11.8 Å². The summed E-state index contributed by atoms with van der Waals surface area (Å²) < 4.78 is -0.898. The highest BCUT2D eigenvalue weighted by Gasteiger charge is 2.71. The molecule has 1 unspecified atom stereocenters. The Morgan fingerprint density at radius 3 is 2.49 bits per heavy atom. The van der Waals surface area contributed by atoms with Gasteiger partial charge < -0.3 is 19.8 Å². The lowest BCUT2D eigenvalue weighted by Gasteiger charge is -2.35. The smallest absolute Gasteiger partial charge is 0.251 e. The monoisotopic (exact) mass is 563 g/mol. The second kappa shape index (κ2) is 10.5. The van der Waals surface area contributed by atoms with E-state index in [2.05, 4.69) is 0 Å². The molecule has 0 saturated carbocycles. The lowest BCUT2D eigenvalue weighted by atomic mass is 9.78. The zero-order chi connectivity index (χ0) is 27.1. The minimum atomic E-state index is -0.898. The molecule has 2 saturated heterocycles. The topological polar surface area (TPSA) is 81.2 Å². The first kappa shape index (κ1) is 26.2. The van der Waals surface area contributed by atoms with Crippen LogP contribution in [0, 0.1) is 11.8 Å². The van der Waals surface area contributed by atoms with Crippen LogP contribution in [-0.4, -0.2) is 74.9 Å². The van der Waals surface area contributed by atoms with Crippen molar-refractivity contribution in [3.05, 3.63) is 89.5 Å². The molecule has 0 aromatic heterocycles. The number of amides is 3. The van der Waals surface area contributed by atoms with Gasteiger partial charge in [0, 0.05) is 38.0 Å². The summed E-state index contributed by atoms with van der Waals surface area (Å²) in [5.41, 5.74) is 1.62. The van der Waals surface area contributed by atoms with E-state index in [1.165, 1.54) is 0 Å². The third-order valence-corrected chi connectivity index (χ3v) is 10.2. The number of anilines is 1. The molecule has 3 amide bonds. The number of rotatable bonds is 6. The van der Waals surface area contributed by atoms with E-state index in [0.717, 1.165) is 5.56 Å². The van der Waals surface area contributed by atoms with Crippen LogP contribution in [0.1, 0.15) is 12.0 Å². The van der Waals surface area contributed by atoms with Crippen molar-refractivity contribution >= 4 is 46.8 Å². The van der Waals surface area contributed by atoms with Crippen molar-refractivity contribution in [3.8, 4) is 0 Å². The quantitative estimate of drug-likeness (QED) is 0.544. The Morgan fingerprint density at radius 1 is 0.949 bits per heavy atom. The van der Waals surface area contributed by atoms with Crippen molar-refractivity contribution in [2.45, 2.75) is 29.0 Å². The van der Waals surface area contributed by atoms with Crippen LogP contribution in [0.15, 0.2) is 78.9 Å². The molecule has 2 fully saturated rings. The predicted molar refractivity (Wildman–Crippen MR) is 152 cm³/mol. The summed E-state index contributed by atoms with van der Waals surface area (Å²) in [7, 11) is 0. The Labute approximate surface area is 237 Å². The number of nitrogens with zero attached hydrogens (tertiary/aromatic N) is 3. The van der Waals surface area contributed by atoms with Crippen LogP contribution < -0.4 is 4.90 Å². The molecule has 7 nitrogen and oxygen atoms in total. The van der Waals surface area contributed by atoms with Crippen molar-refractivity contribution in [2.75, 3.05) is 31.1 Å². The van der Waals surface area contributed by atoms with Crippen LogP contribution in [0.2, 0.25) is 5.02 Å². The van der Waals surface area contributed by atoms with E-state index in [-0.39, 0.29) is 36.1 Å². The second-order valence-corrected chi connectivity index (χ2v) is 12.3. The van der Waals surface area contributed by atoms with E-state index < -0.39 is 22.6 Å². The predicted octanol–water partition coefficient (Wildman–Crippen LogP) is 3.52. The zero-order valence-electron chi connectivity index (χ0n) is 21.4. The molecule has 1 N–H and O–H groups in total. The molecule has 0 radical (unpaired) electrons. The number of aliphatic hydroxyl groups is 1. The summed E-state index contributed by atoms with van der Waals surface area (Å²) in [6.45, 7) is 1.39. The first-order chi connectivity index (χ1) is 19.0. The van der Waals surface area contributed by atoms with Crippen LogP contribution in [0.25, 0.3) is 0 Å². The molecule has 4 heterocycles. The summed E-state index contributed by atoms with van der Waals surface area (Å²) in [6.07, 6.45) is 8.34. The van der Waals surface area contributed by atoms with Gasteiger partial charge in [0.1, 0.15) is 6.04 Å². The number of benzene rings is 2. The lowest BCUT2D eigenvalue weighted by Crippen LogP contribution is -2.53. The molecular weight excluding hydrogens is 534 g/mol. The van der Waals surface area contributed by atoms with Gasteiger partial charge in [-0.15, -0.1) is 11.8 Å². The molecule has 2 aromatic rings. The first-order valence-corrected chi connectivity index (χ1v) is 14.5. The highest BCUT2D eigenvalue weighted by atomic mass is 35.5. The van der Waals surface area contributed by atoms with Crippen LogP contribution in [0.4, 0.5) is 5.69 Å². The number of hydrogen-bond acceptors (Lipinski definition) is 5. The van der Waals surface area contributed by atoms with Gasteiger partial charge in [-0.1, -0.05) is 78.4 Å². The van der Waals surface area contributed by atoms with Gasteiger partial charge in [0.15, 0.2) is 0 Å². The van der Waals surface area contributed by atoms with Crippen molar-refractivity contribution in [1.29, 1.82) is 0 Å². The Hall–Kier alpha value is -3.07. The fourth-order valence-corrected chi connectivity index (χ4v) is 8.75. The molecule has 4 aliphatic rings. The SMILES string of the molecule is O=C1[C@@H]2[C@H]3C(=O)N(CCCO)C4C(=O)N(c5ccccc5Cl)CC=C[C@@]43S[C@@H]2C=CCN1Cc1ccccc1. The fourth-order valence-electron chi connectivity index (χ4n) is 6.50. The largest absolute Gasteiger partial charge is 0.396 e. The molecule has 0 aliphatic carbocycles. The minimum Gasteiger partial charge on any atom is -0.396 e. The molecule has 6 rings (SSSR count). The average molecular weight is 564 g/mol. The zero-order valence-corrected chi connectivity index (χ0v) is 22.9. The number of carbonyl (C=O) groups excluding carboxylic acids is 3. The summed E-state index contributed by atoms with van der Waals surface area (Å²) in [5, 5.41) is 9.83.